The first kappa shape index (κ1) is 11.6. The summed E-state index contributed by atoms with van der Waals surface area (Å²) in [5.41, 5.74) is -0.0381. The van der Waals surface area contributed by atoms with Gasteiger partial charge in [-0.2, -0.15) is 0 Å². The normalized spacial score (nSPS) is 11.3. The zero-order chi connectivity index (χ0) is 12.1. The highest BCUT2D eigenvalue weighted by molar-refractivity contribution is 5.95. The summed E-state index contributed by atoms with van der Waals surface area (Å²) < 4.78 is 4.83. The van der Waals surface area contributed by atoms with Crippen molar-refractivity contribution in [2.75, 3.05) is 7.11 Å². The third-order valence-electron chi connectivity index (χ3n) is 1.91. The summed E-state index contributed by atoms with van der Waals surface area (Å²) >= 11 is 0. The highest BCUT2D eigenvalue weighted by Gasteiger charge is 2.15. The molecule has 1 aromatic rings. The summed E-state index contributed by atoms with van der Waals surface area (Å²) in [7, 11) is 1.31. The molecule has 0 radical (unpaired) electrons. The summed E-state index contributed by atoms with van der Waals surface area (Å²) in [5.74, 6) is -0.732. The summed E-state index contributed by atoms with van der Waals surface area (Å²) in [6.45, 7) is 0. The van der Waals surface area contributed by atoms with Crippen LogP contribution in [0.15, 0.2) is 16.4 Å². The molecule has 4 N–H and O–H groups in total. The van der Waals surface area contributed by atoms with Crippen molar-refractivity contribution in [3.05, 3.63) is 17.2 Å². The number of hydrogen-bond donors (Lipinski definition) is 4. The summed E-state index contributed by atoms with van der Waals surface area (Å²) in [5, 5.41) is 41.4. The number of rotatable bonds is 3. The van der Waals surface area contributed by atoms with Gasteiger partial charge in [-0.25, -0.2) is 0 Å². The van der Waals surface area contributed by atoms with Crippen LogP contribution in [0.25, 0.3) is 0 Å². The Kier molecular flexibility index (Phi) is 3.54. The molecule has 0 aliphatic rings. The van der Waals surface area contributed by atoms with Crippen molar-refractivity contribution < 1.29 is 25.4 Å². The highest BCUT2D eigenvalue weighted by Crippen LogP contribution is 2.37. The topological polar surface area (TPSA) is 115 Å². The van der Waals surface area contributed by atoms with Gasteiger partial charge in [0.15, 0.2) is 11.5 Å². The number of aromatic hydroxyl groups is 2. The van der Waals surface area contributed by atoms with Crippen LogP contribution in [-0.4, -0.2) is 40.2 Å². The van der Waals surface area contributed by atoms with Crippen LogP contribution in [0.4, 0.5) is 0 Å². The predicted octanol–water partition coefficient (Wildman–Crippen LogP) is 0.723. The molecule has 0 aliphatic carbocycles. The molecule has 0 heterocycles. The van der Waals surface area contributed by atoms with Gasteiger partial charge in [0.2, 0.25) is 0 Å². The average molecular weight is 226 g/mol. The molecule has 7 heteroatoms. The Balaban J connectivity index is 3.50. The Morgan fingerprint density at radius 1 is 1.12 bits per heavy atom. The lowest BCUT2D eigenvalue weighted by molar-refractivity contribution is 0.320. The van der Waals surface area contributed by atoms with E-state index in [1.807, 2.05) is 0 Å². The van der Waals surface area contributed by atoms with E-state index in [-0.39, 0.29) is 22.6 Å². The molecule has 0 bridgehead atoms. The van der Waals surface area contributed by atoms with Gasteiger partial charge in [-0.05, 0) is 6.07 Å². The van der Waals surface area contributed by atoms with Crippen LogP contribution in [0.3, 0.4) is 0 Å². The zero-order valence-corrected chi connectivity index (χ0v) is 8.32. The SMILES string of the molecule is COc1cc(/C=N/O)c(O)c(C=NO)c1O. The Morgan fingerprint density at radius 3 is 2.25 bits per heavy atom. The van der Waals surface area contributed by atoms with Crippen LogP contribution in [0.1, 0.15) is 11.1 Å². The second kappa shape index (κ2) is 4.87. The van der Waals surface area contributed by atoms with Crippen molar-refractivity contribution in [3.8, 4) is 17.2 Å². The van der Waals surface area contributed by atoms with Crippen LogP contribution >= 0.6 is 0 Å². The monoisotopic (exact) mass is 226 g/mol. The van der Waals surface area contributed by atoms with Gasteiger partial charge in [-0.15, -0.1) is 0 Å². The Bertz CT molecular complexity index is 442. The number of hydrogen-bond acceptors (Lipinski definition) is 7. The van der Waals surface area contributed by atoms with E-state index in [0.29, 0.717) is 0 Å². The van der Waals surface area contributed by atoms with Crippen molar-refractivity contribution in [2.45, 2.75) is 0 Å². The van der Waals surface area contributed by atoms with E-state index in [4.69, 9.17) is 15.2 Å². The van der Waals surface area contributed by atoms with Gasteiger partial charge in [-0.3, -0.25) is 0 Å². The number of phenolic OH excluding ortho intramolecular Hbond substituents is 2. The molecule has 16 heavy (non-hydrogen) atoms. The number of oxime groups is 2. The van der Waals surface area contributed by atoms with Gasteiger partial charge < -0.3 is 25.4 Å². The minimum atomic E-state index is -0.395. The molecule has 0 saturated carbocycles. The largest absolute Gasteiger partial charge is 0.506 e. The molecule has 1 rings (SSSR count). The van der Waals surface area contributed by atoms with Gasteiger partial charge in [0.1, 0.15) is 5.75 Å². The van der Waals surface area contributed by atoms with Crippen LogP contribution in [-0.2, 0) is 0 Å². The van der Waals surface area contributed by atoms with Crippen LogP contribution in [0.5, 0.6) is 17.2 Å². The number of nitrogens with zero attached hydrogens (tertiary/aromatic N) is 2. The van der Waals surface area contributed by atoms with E-state index in [2.05, 4.69) is 10.3 Å². The number of benzene rings is 1. The van der Waals surface area contributed by atoms with Crippen LogP contribution in [0, 0.1) is 0 Å². The molecular formula is C9H10N2O5. The maximum atomic E-state index is 9.63. The first-order valence-corrected chi connectivity index (χ1v) is 4.13. The van der Waals surface area contributed by atoms with Gasteiger partial charge in [0.05, 0.1) is 25.1 Å². The molecule has 0 atom stereocenters. The predicted molar refractivity (Wildman–Crippen MR) is 55.1 cm³/mol. The van der Waals surface area contributed by atoms with Crippen LogP contribution in [0.2, 0.25) is 0 Å². The standard InChI is InChI=1S/C9H10N2O5/c1-16-7-2-5(3-10-14)8(12)6(4-11-15)9(7)13/h2-4,12-15H,1H3/b10-3+,11-4?. The summed E-state index contributed by atoms with van der Waals surface area (Å²) in [6, 6.07) is 1.26. The smallest absolute Gasteiger partial charge is 0.170 e. The lowest BCUT2D eigenvalue weighted by Crippen LogP contribution is -1.94. The molecule has 0 saturated heterocycles. The molecule has 7 nitrogen and oxygen atoms in total. The molecule has 1 aromatic carbocycles. The highest BCUT2D eigenvalue weighted by atomic mass is 16.5. The van der Waals surface area contributed by atoms with E-state index < -0.39 is 5.75 Å². The number of phenols is 2. The molecule has 86 valence electrons. The van der Waals surface area contributed by atoms with E-state index in [1.165, 1.54) is 13.2 Å². The minimum absolute atomic E-state index is 0.0441. The quantitative estimate of drug-likeness (QED) is 0.344. The fourth-order valence-electron chi connectivity index (χ4n) is 1.17. The Labute approximate surface area is 90.5 Å². The maximum absolute atomic E-state index is 9.63. The third kappa shape index (κ3) is 1.97. The fraction of sp³-hybridized carbons (Fsp3) is 0.111. The number of ether oxygens (including phenoxy) is 1. The van der Waals surface area contributed by atoms with Gasteiger partial charge in [0, 0.05) is 5.56 Å². The Morgan fingerprint density at radius 2 is 1.75 bits per heavy atom. The van der Waals surface area contributed by atoms with E-state index in [9.17, 15) is 10.2 Å². The lowest BCUT2D eigenvalue weighted by Gasteiger charge is -2.09. The van der Waals surface area contributed by atoms with Crippen molar-refractivity contribution in [3.63, 3.8) is 0 Å². The maximum Gasteiger partial charge on any atom is 0.170 e. The number of methoxy groups -OCH3 is 1. The van der Waals surface area contributed by atoms with Crippen molar-refractivity contribution in [2.24, 2.45) is 10.3 Å². The van der Waals surface area contributed by atoms with Crippen molar-refractivity contribution >= 4 is 12.4 Å². The summed E-state index contributed by atoms with van der Waals surface area (Å²) in [4.78, 5) is 0. The van der Waals surface area contributed by atoms with Crippen molar-refractivity contribution in [1.82, 2.24) is 0 Å². The lowest BCUT2D eigenvalue weighted by atomic mass is 10.1. The average Bonchev–Trinajstić information content (AvgIpc) is 2.28. The fourth-order valence-corrected chi connectivity index (χ4v) is 1.17. The first-order valence-electron chi connectivity index (χ1n) is 4.13. The molecule has 0 aromatic heterocycles. The van der Waals surface area contributed by atoms with Crippen LogP contribution < -0.4 is 4.74 Å². The first-order chi connectivity index (χ1) is 7.65. The molecule has 0 aliphatic heterocycles. The van der Waals surface area contributed by atoms with Gasteiger partial charge >= 0.3 is 0 Å². The van der Waals surface area contributed by atoms with E-state index >= 15 is 0 Å². The molecular weight excluding hydrogens is 216 g/mol. The second-order valence-electron chi connectivity index (χ2n) is 2.77. The minimum Gasteiger partial charge on any atom is -0.506 e. The van der Waals surface area contributed by atoms with Gasteiger partial charge in [0.25, 0.3) is 0 Å². The molecule has 0 fully saturated rings. The van der Waals surface area contributed by atoms with E-state index in [0.717, 1.165) is 12.4 Å². The molecule has 0 spiro atoms. The van der Waals surface area contributed by atoms with Gasteiger partial charge in [-0.1, -0.05) is 10.3 Å². The molecule has 0 unspecified atom stereocenters. The third-order valence-corrected chi connectivity index (χ3v) is 1.91. The van der Waals surface area contributed by atoms with Crippen molar-refractivity contribution in [1.29, 1.82) is 0 Å². The summed E-state index contributed by atoms with van der Waals surface area (Å²) in [6.07, 6.45) is 1.79. The van der Waals surface area contributed by atoms with E-state index in [1.54, 1.807) is 0 Å². The second-order valence-corrected chi connectivity index (χ2v) is 2.77. The Hall–Kier alpha value is -2.44. The zero-order valence-electron chi connectivity index (χ0n) is 8.32. The molecule has 0 amide bonds.